The number of imidazole rings is 1. The maximum atomic E-state index is 14.9. The van der Waals surface area contributed by atoms with E-state index < -0.39 is 5.41 Å². The van der Waals surface area contributed by atoms with Crippen molar-refractivity contribution in [2.24, 2.45) is 0 Å². The van der Waals surface area contributed by atoms with Crippen LogP contribution >= 0.6 is 0 Å². The molecule has 2 amide bonds. The largest absolute Gasteiger partial charge is 0.366 e. The van der Waals surface area contributed by atoms with Gasteiger partial charge in [0, 0.05) is 74.7 Å². The molecule has 9 rings (SSSR count). The van der Waals surface area contributed by atoms with E-state index >= 15 is 0 Å². The maximum absolute atomic E-state index is 14.9. The number of anilines is 2. The Balaban J connectivity index is 1.03. The molecule has 266 valence electrons. The molecule has 50 heavy (non-hydrogen) atoms. The van der Waals surface area contributed by atoms with Crippen molar-refractivity contribution in [2.75, 3.05) is 69.1 Å². The first kappa shape index (κ1) is 32.4. The van der Waals surface area contributed by atoms with Crippen LogP contribution in [0.4, 0.5) is 11.5 Å². The highest BCUT2D eigenvalue weighted by Gasteiger charge is 2.56. The van der Waals surface area contributed by atoms with Crippen molar-refractivity contribution in [1.82, 2.24) is 34.6 Å². The Kier molecular flexibility index (Phi) is 8.35. The fourth-order valence-electron chi connectivity index (χ4n) is 9.37. The van der Waals surface area contributed by atoms with E-state index in [4.69, 9.17) is 9.97 Å². The van der Waals surface area contributed by atoms with Gasteiger partial charge >= 0.3 is 0 Å². The van der Waals surface area contributed by atoms with Crippen molar-refractivity contribution in [3.8, 4) is 11.3 Å². The third-order valence-corrected chi connectivity index (χ3v) is 12.6. The standard InChI is InChI=1S/C39H53N9O2/c1-26(2)47-25-41-33-23-32(43-37(36(33)47)42-28-7-8-28)27-6-9-31-34(20-27)48(30-21-29(22-30)45-14-4-3-5-15-45)38(50)39(31)10-16-46(17-11-39)35(49)24-44-18-12-40-13-19-44/h6,9,20,23,25-26,28-30,40H,3-5,7-8,10-19,21-22,24H2,1-2H3,(H,42,43)/t29-,30+. The average molecular weight is 680 g/mol. The first-order valence-electron chi connectivity index (χ1n) is 19.5. The van der Waals surface area contributed by atoms with E-state index in [1.165, 1.54) is 45.2 Å². The molecule has 3 aromatic rings. The average Bonchev–Trinajstić information content (AvgIpc) is 3.78. The lowest BCUT2D eigenvalue weighted by Gasteiger charge is -2.48. The molecule has 1 spiro atoms. The number of amides is 2. The number of piperazine rings is 1. The summed E-state index contributed by atoms with van der Waals surface area (Å²) in [5.74, 6) is 1.34. The second kappa shape index (κ2) is 12.9. The number of likely N-dealkylation sites (tertiary alicyclic amines) is 2. The summed E-state index contributed by atoms with van der Waals surface area (Å²) in [6.45, 7) is 12.1. The molecule has 0 atom stereocenters. The van der Waals surface area contributed by atoms with Crippen LogP contribution in [0.15, 0.2) is 30.6 Å². The topological polar surface area (TPSA) is 102 Å². The van der Waals surface area contributed by atoms with Gasteiger partial charge in [-0.25, -0.2) is 9.97 Å². The van der Waals surface area contributed by atoms with Crippen LogP contribution in [0.2, 0.25) is 0 Å². The van der Waals surface area contributed by atoms with Gasteiger partial charge in [-0.3, -0.25) is 14.5 Å². The highest BCUT2D eigenvalue weighted by atomic mass is 16.2. The summed E-state index contributed by atoms with van der Waals surface area (Å²) in [6.07, 6.45) is 11.6. The van der Waals surface area contributed by atoms with Crippen LogP contribution in [-0.4, -0.2) is 118 Å². The van der Waals surface area contributed by atoms with Crippen LogP contribution < -0.4 is 15.5 Å². The molecule has 0 radical (unpaired) electrons. The van der Waals surface area contributed by atoms with Gasteiger partial charge in [0.1, 0.15) is 5.52 Å². The molecule has 0 bridgehead atoms. The van der Waals surface area contributed by atoms with E-state index in [1.54, 1.807) is 0 Å². The van der Waals surface area contributed by atoms with Gasteiger partial charge in [-0.2, -0.15) is 0 Å². The lowest BCUT2D eigenvalue weighted by molar-refractivity contribution is -0.137. The Morgan fingerprint density at radius 2 is 1.74 bits per heavy atom. The van der Waals surface area contributed by atoms with Crippen LogP contribution in [0.5, 0.6) is 0 Å². The Morgan fingerprint density at radius 1 is 0.980 bits per heavy atom. The first-order valence-corrected chi connectivity index (χ1v) is 19.5. The van der Waals surface area contributed by atoms with Gasteiger partial charge in [-0.05, 0) is 96.0 Å². The number of piperidine rings is 2. The number of nitrogens with one attached hydrogen (secondary N) is 2. The molecule has 11 heteroatoms. The number of carbonyl (C=O) groups is 2. The first-order chi connectivity index (χ1) is 24.4. The summed E-state index contributed by atoms with van der Waals surface area (Å²) in [6, 6.07) is 10.3. The van der Waals surface area contributed by atoms with Crippen LogP contribution in [0.1, 0.15) is 83.2 Å². The number of nitrogens with zero attached hydrogens (tertiary/aromatic N) is 7. The number of fused-ring (bicyclic) bond motifs is 3. The van der Waals surface area contributed by atoms with Crippen molar-refractivity contribution >= 4 is 34.4 Å². The highest BCUT2D eigenvalue weighted by Crippen LogP contribution is 2.52. The zero-order valence-electron chi connectivity index (χ0n) is 29.9. The number of aromatic nitrogens is 3. The molecule has 2 aliphatic carbocycles. The predicted molar refractivity (Wildman–Crippen MR) is 197 cm³/mol. The fraction of sp³-hybridized carbons (Fsp3) is 0.641. The molecule has 11 nitrogen and oxygen atoms in total. The van der Waals surface area contributed by atoms with Gasteiger partial charge in [-0.15, -0.1) is 0 Å². The van der Waals surface area contributed by atoms with Gasteiger partial charge < -0.3 is 29.9 Å². The minimum atomic E-state index is -0.581. The molecule has 4 aliphatic heterocycles. The second-order valence-electron chi connectivity index (χ2n) is 16.2. The molecular formula is C39H53N9O2. The number of hydrogen-bond acceptors (Lipinski definition) is 8. The van der Waals surface area contributed by atoms with Gasteiger partial charge in [0.15, 0.2) is 5.82 Å². The summed E-state index contributed by atoms with van der Waals surface area (Å²) in [4.78, 5) is 47.4. The second-order valence-corrected chi connectivity index (χ2v) is 16.2. The third-order valence-electron chi connectivity index (χ3n) is 12.6. The molecule has 2 saturated carbocycles. The SMILES string of the molecule is CC(C)n1cnc2cc(-c3ccc4c(c3)N([C@H]3C[C@@H](N5CCCCC5)C3)C(=O)C43CCN(C(=O)CN4CCNCC4)CC3)nc(NC3CC3)c21. The monoisotopic (exact) mass is 679 g/mol. The number of pyridine rings is 1. The summed E-state index contributed by atoms with van der Waals surface area (Å²) >= 11 is 0. The molecule has 0 unspecified atom stereocenters. The molecule has 6 aliphatic rings. The van der Waals surface area contributed by atoms with Gasteiger partial charge in [0.2, 0.25) is 11.8 Å². The number of benzene rings is 1. The molecule has 2 N–H and O–H groups in total. The molecule has 3 saturated heterocycles. The van der Waals surface area contributed by atoms with Gasteiger partial charge in [0.25, 0.3) is 0 Å². The van der Waals surface area contributed by atoms with Gasteiger partial charge in [-0.1, -0.05) is 18.6 Å². The Labute approximate surface area is 295 Å². The van der Waals surface area contributed by atoms with Gasteiger partial charge in [0.05, 0.1) is 29.5 Å². The van der Waals surface area contributed by atoms with E-state index in [-0.39, 0.29) is 23.9 Å². The molecule has 1 aromatic carbocycles. The van der Waals surface area contributed by atoms with E-state index in [1.807, 2.05) is 11.2 Å². The Morgan fingerprint density at radius 3 is 2.46 bits per heavy atom. The molecular weight excluding hydrogens is 626 g/mol. The van der Waals surface area contributed by atoms with E-state index in [2.05, 4.69) is 68.0 Å². The van der Waals surface area contributed by atoms with Crippen LogP contribution in [-0.2, 0) is 15.0 Å². The molecule has 5 fully saturated rings. The lowest BCUT2D eigenvalue weighted by Crippen LogP contribution is -2.58. The van der Waals surface area contributed by atoms with Crippen molar-refractivity contribution in [3.63, 3.8) is 0 Å². The van der Waals surface area contributed by atoms with E-state index in [9.17, 15) is 9.59 Å². The molecule has 6 heterocycles. The number of carbonyl (C=O) groups excluding carboxylic acids is 2. The van der Waals surface area contributed by atoms with Crippen molar-refractivity contribution in [1.29, 1.82) is 0 Å². The minimum Gasteiger partial charge on any atom is -0.366 e. The summed E-state index contributed by atoms with van der Waals surface area (Å²) in [5.41, 5.74) is 5.53. The zero-order chi connectivity index (χ0) is 34.0. The Bertz CT molecular complexity index is 1760. The van der Waals surface area contributed by atoms with Crippen LogP contribution in [0, 0.1) is 0 Å². The van der Waals surface area contributed by atoms with E-state index in [0.717, 1.165) is 78.4 Å². The zero-order valence-corrected chi connectivity index (χ0v) is 29.9. The highest BCUT2D eigenvalue weighted by molar-refractivity contribution is 6.09. The molecule has 2 aromatic heterocycles. The third kappa shape index (κ3) is 5.69. The fourth-order valence-corrected chi connectivity index (χ4v) is 9.37. The quantitative estimate of drug-likeness (QED) is 0.362. The Hall–Kier alpha value is -3.54. The normalized spacial score (nSPS) is 25.8. The van der Waals surface area contributed by atoms with Crippen molar-refractivity contribution in [3.05, 3.63) is 36.2 Å². The maximum Gasteiger partial charge on any atom is 0.238 e. The van der Waals surface area contributed by atoms with Crippen molar-refractivity contribution < 1.29 is 9.59 Å². The number of rotatable bonds is 8. The predicted octanol–water partition coefficient (Wildman–Crippen LogP) is 4.38. The smallest absolute Gasteiger partial charge is 0.238 e. The summed E-state index contributed by atoms with van der Waals surface area (Å²) in [5, 5.41) is 7.07. The lowest BCUT2D eigenvalue weighted by atomic mass is 9.73. The van der Waals surface area contributed by atoms with Crippen molar-refractivity contribution in [2.45, 2.75) is 101 Å². The summed E-state index contributed by atoms with van der Waals surface area (Å²) < 4.78 is 2.21. The summed E-state index contributed by atoms with van der Waals surface area (Å²) in [7, 11) is 0. The van der Waals surface area contributed by atoms with Crippen LogP contribution in [0.3, 0.4) is 0 Å². The number of hydrogen-bond donors (Lipinski definition) is 2. The van der Waals surface area contributed by atoms with E-state index in [0.29, 0.717) is 44.6 Å². The van der Waals surface area contributed by atoms with Crippen LogP contribution in [0.25, 0.3) is 22.3 Å². The minimum absolute atomic E-state index is 0.194.